The van der Waals surface area contributed by atoms with Crippen LogP contribution in [0.2, 0.25) is 0 Å². The monoisotopic (exact) mass is 457 g/mol. The van der Waals surface area contributed by atoms with Gasteiger partial charge in [-0.3, -0.25) is 10.1 Å². The van der Waals surface area contributed by atoms with E-state index < -0.39 is 4.92 Å². The molecule has 7 heteroatoms. The molecule has 1 atom stereocenters. The van der Waals surface area contributed by atoms with E-state index in [-0.39, 0.29) is 5.69 Å². The minimum Gasteiger partial charge on any atom is -0.491 e. The molecule has 0 fully saturated rings. The van der Waals surface area contributed by atoms with Crippen LogP contribution in [-0.4, -0.2) is 16.9 Å². The second-order valence-corrected chi connectivity index (χ2v) is 6.82. The van der Waals surface area contributed by atoms with Gasteiger partial charge in [-0.1, -0.05) is 29.8 Å². The Balaban J connectivity index is 2.87. The standard InChI is InChI=1S/C12H14Br3NO3/c1-7(2)8(5-13)6-19-12-10(14)3-9(16(17)18)4-11(12)15/h3-4,7-8H,5-6H2,1-2H3. The minimum atomic E-state index is -0.436. The first-order chi connectivity index (χ1) is 8.86. The Morgan fingerprint density at radius 2 is 1.84 bits per heavy atom. The Morgan fingerprint density at radius 3 is 2.21 bits per heavy atom. The molecule has 0 aromatic heterocycles. The largest absolute Gasteiger partial charge is 0.491 e. The van der Waals surface area contributed by atoms with E-state index in [2.05, 4.69) is 61.6 Å². The molecule has 0 aliphatic rings. The van der Waals surface area contributed by atoms with Gasteiger partial charge in [0.25, 0.3) is 5.69 Å². The van der Waals surface area contributed by atoms with E-state index in [1.807, 2.05) is 0 Å². The van der Waals surface area contributed by atoms with Crippen LogP contribution in [-0.2, 0) is 0 Å². The van der Waals surface area contributed by atoms with Gasteiger partial charge in [0, 0.05) is 23.4 Å². The number of halogens is 3. The Hall–Kier alpha value is -0.140. The Labute approximate surface area is 137 Å². The number of alkyl halides is 1. The summed E-state index contributed by atoms with van der Waals surface area (Å²) >= 11 is 10.1. The summed E-state index contributed by atoms with van der Waals surface area (Å²) in [6, 6.07) is 2.89. The molecule has 0 saturated carbocycles. The van der Waals surface area contributed by atoms with Crippen molar-refractivity contribution >= 4 is 53.5 Å². The van der Waals surface area contributed by atoms with E-state index in [1.165, 1.54) is 12.1 Å². The summed E-state index contributed by atoms with van der Waals surface area (Å²) < 4.78 is 6.92. The summed E-state index contributed by atoms with van der Waals surface area (Å²) in [5, 5.41) is 11.6. The second-order valence-electron chi connectivity index (χ2n) is 4.47. The van der Waals surface area contributed by atoms with Crippen molar-refractivity contribution in [3.63, 3.8) is 0 Å². The maximum atomic E-state index is 10.7. The average Bonchev–Trinajstić information content (AvgIpc) is 2.31. The number of ether oxygens (including phenoxy) is 1. The maximum Gasteiger partial charge on any atom is 0.271 e. The molecule has 1 unspecified atom stereocenters. The molecule has 0 heterocycles. The molecule has 0 radical (unpaired) electrons. The van der Waals surface area contributed by atoms with Gasteiger partial charge in [-0.05, 0) is 37.8 Å². The van der Waals surface area contributed by atoms with Crippen molar-refractivity contribution < 1.29 is 9.66 Å². The van der Waals surface area contributed by atoms with E-state index in [9.17, 15) is 10.1 Å². The zero-order valence-electron chi connectivity index (χ0n) is 10.5. The Kier molecular flexibility index (Phi) is 6.76. The summed E-state index contributed by atoms with van der Waals surface area (Å²) in [7, 11) is 0. The lowest BCUT2D eigenvalue weighted by Gasteiger charge is -2.19. The number of nitro benzene ring substituents is 1. The number of rotatable bonds is 6. The molecule has 0 N–H and O–H groups in total. The van der Waals surface area contributed by atoms with Gasteiger partial charge in [0.15, 0.2) is 0 Å². The van der Waals surface area contributed by atoms with Crippen LogP contribution in [0.4, 0.5) is 5.69 Å². The summed E-state index contributed by atoms with van der Waals surface area (Å²) in [6.45, 7) is 4.82. The SMILES string of the molecule is CC(C)C(CBr)COc1c(Br)cc([N+](=O)[O-])cc1Br. The topological polar surface area (TPSA) is 52.4 Å². The van der Waals surface area contributed by atoms with Crippen LogP contribution in [0.5, 0.6) is 5.75 Å². The van der Waals surface area contributed by atoms with Crippen molar-refractivity contribution in [3.8, 4) is 5.75 Å². The van der Waals surface area contributed by atoms with Gasteiger partial charge in [0.05, 0.1) is 20.5 Å². The normalized spacial score (nSPS) is 12.5. The highest BCUT2D eigenvalue weighted by Crippen LogP contribution is 2.37. The summed E-state index contributed by atoms with van der Waals surface area (Å²) in [5.74, 6) is 1.47. The minimum absolute atomic E-state index is 0.0204. The Morgan fingerprint density at radius 1 is 1.32 bits per heavy atom. The van der Waals surface area contributed by atoms with Crippen molar-refractivity contribution in [2.45, 2.75) is 13.8 Å². The first-order valence-corrected chi connectivity index (χ1v) is 8.39. The first kappa shape index (κ1) is 16.9. The van der Waals surface area contributed by atoms with E-state index in [1.54, 1.807) is 0 Å². The fraction of sp³-hybridized carbons (Fsp3) is 0.500. The van der Waals surface area contributed by atoms with E-state index in [0.717, 1.165) is 5.33 Å². The van der Waals surface area contributed by atoms with Gasteiger partial charge in [0.2, 0.25) is 0 Å². The van der Waals surface area contributed by atoms with Crippen LogP contribution in [0.25, 0.3) is 0 Å². The van der Waals surface area contributed by atoms with Crippen molar-refractivity contribution in [2.75, 3.05) is 11.9 Å². The number of hydrogen-bond acceptors (Lipinski definition) is 3. The molecule has 0 aliphatic heterocycles. The third-order valence-electron chi connectivity index (χ3n) is 2.78. The van der Waals surface area contributed by atoms with Gasteiger partial charge in [0.1, 0.15) is 5.75 Å². The van der Waals surface area contributed by atoms with Gasteiger partial charge < -0.3 is 4.74 Å². The average molecular weight is 460 g/mol. The molecule has 106 valence electrons. The number of nitrogens with zero attached hydrogens (tertiary/aromatic N) is 1. The molecule has 0 aliphatic carbocycles. The molecule has 0 bridgehead atoms. The van der Waals surface area contributed by atoms with Crippen molar-refractivity contribution in [1.29, 1.82) is 0 Å². The van der Waals surface area contributed by atoms with Crippen LogP contribution in [0.15, 0.2) is 21.1 Å². The predicted octanol–water partition coefficient (Wildman–Crippen LogP) is 5.17. The smallest absolute Gasteiger partial charge is 0.271 e. The van der Waals surface area contributed by atoms with Crippen LogP contribution in [0.1, 0.15) is 13.8 Å². The fourth-order valence-electron chi connectivity index (χ4n) is 1.40. The molecule has 1 rings (SSSR count). The van der Waals surface area contributed by atoms with Gasteiger partial charge in [-0.2, -0.15) is 0 Å². The van der Waals surface area contributed by atoms with E-state index in [4.69, 9.17) is 4.74 Å². The van der Waals surface area contributed by atoms with Crippen LogP contribution >= 0.6 is 47.8 Å². The lowest BCUT2D eigenvalue weighted by molar-refractivity contribution is -0.385. The highest BCUT2D eigenvalue weighted by molar-refractivity contribution is 9.11. The molecule has 1 aromatic carbocycles. The van der Waals surface area contributed by atoms with E-state index >= 15 is 0 Å². The summed E-state index contributed by atoms with van der Waals surface area (Å²) in [5.41, 5.74) is 0.0204. The highest BCUT2D eigenvalue weighted by Gasteiger charge is 2.18. The molecule has 0 amide bonds. The second kappa shape index (κ2) is 7.59. The third-order valence-corrected chi connectivity index (χ3v) is 4.79. The van der Waals surface area contributed by atoms with Crippen LogP contribution in [0.3, 0.4) is 0 Å². The third kappa shape index (κ3) is 4.72. The lowest BCUT2D eigenvalue weighted by Crippen LogP contribution is -2.19. The predicted molar refractivity (Wildman–Crippen MR) is 86.1 cm³/mol. The lowest BCUT2D eigenvalue weighted by atomic mass is 9.99. The molecular weight excluding hydrogens is 446 g/mol. The zero-order chi connectivity index (χ0) is 14.6. The number of non-ortho nitro benzene ring substituents is 1. The molecule has 0 spiro atoms. The molecular formula is C12H14Br3NO3. The molecule has 4 nitrogen and oxygen atoms in total. The van der Waals surface area contributed by atoms with Crippen molar-refractivity contribution in [1.82, 2.24) is 0 Å². The number of nitro groups is 1. The van der Waals surface area contributed by atoms with Crippen molar-refractivity contribution in [3.05, 3.63) is 31.2 Å². The molecule has 0 saturated heterocycles. The quantitative estimate of drug-likeness (QED) is 0.335. The van der Waals surface area contributed by atoms with Gasteiger partial charge >= 0.3 is 0 Å². The molecule has 1 aromatic rings. The van der Waals surface area contributed by atoms with Gasteiger partial charge in [-0.25, -0.2) is 0 Å². The summed E-state index contributed by atoms with van der Waals surface area (Å²) in [6.07, 6.45) is 0. The summed E-state index contributed by atoms with van der Waals surface area (Å²) in [4.78, 5) is 10.3. The molecule has 19 heavy (non-hydrogen) atoms. The first-order valence-electron chi connectivity index (χ1n) is 5.69. The van der Waals surface area contributed by atoms with Gasteiger partial charge in [-0.15, -0.1) is 0 Å². The van der Waals surface area contributed by atoms with E-state index in [0.29, 0.717) is 33.1 Å². The van der Waals surface area contributed by atoms with Crippen LogP contribution in [0, 0.1) is 22.0 Å². The number of benzene rings is 1. The zero-order valence-corrected chi connectivity index (χ0v) is 15.3. The number of hydrogen-bond donors (Lipinski definition) is 0. The highest BCUT2D eigenvalue weighted by atomic mass is 79.9. The Bertz CT molecular complexity index is 443. The van der Waals surface area contributed by atoms with Crippen LogP contribution < -0.4 is 4.74 Å². The maximum absolute atomic E-state index is 10.7. The fourth-order valence-corrected chi connectivity index (χ4v) is 3.72. The van der Waals surface area contributed by atoms with Crippen molar-refractivity contribution in [2.24, 2.45) is 11.8 Å².